The van der Waals surface area contributed by atoms with Gasteiger partial charge in [-0.2, -0.15) is 0 Å². The zero-order valence-electron chi connectivity index (χ0n) is 44.0. The predicted octanol–water partition coefficient (Wildman–Crippen LogP) is 19.3. The van der Waals surface area contributed by atoms with E-state index in [0.717, 1.165) is 77.0 Å². The van der Waals surface area contributed by atoms with Crippen LogP contribution in [0.2, 0.25) is 0 Å². The van der Waals surface area contributed by atoms with Crippen molar-refractivity contribution in [1.29, 1.82) is 0 Å². The third-order valence-electron chi connectivity index (χ3n) is 14.4. The molecule has 4 aliphatic rings. The molecule has 0 aromatic heterocycles. The van der Waals surface area contributed by atoms with Gasteiger partial charge in [0.15, 0.2) is 0 Å². The molecule has 388 valence electrons. The van der Waals surface area contributed by atoms with Gasteiger partial charge in [0, 0.05) is 38.5 Å². The average molecular weight is 930 g/mol. The van der Waals surface area contributed by atoms with Crippen molar-refractivity contribution in [3.05, 3.63) is 0 Å². The van der Waals surface area contributed by atoms with Gasteiger partial charge in [-0.05, 0) is 51.4 Å². The summed E-state index contributed by atoms with van der Waals surface area (Å²) in [6.45, 7) is 1.28. The lowest BCUT2D eigenvalue weighted by Gasteiger charge is -2.06. The summed E-state index contributed by atoms with van der Waals surface area (Å²) < 4.78 is 10.4. The van der Waals surface area contributed by atoms with Crippen molar-refractivity contribution in [1.82, 2.24) is 0 Å². The van der Waals surface area contributed by atoms with E-state index in [-0.39, 0.29) is 11.9 Å². The maximum Gasteiger partial charge on any atom is 0.305 e. The standard InChI is InChI=1S/2C15H28O2.2C15H28O/c2*16-15-13-11-9-7-5-3-1-2-4-6-8-10-12-14-17-15;2*16-15-13-11-9-7-5-3-1-2-4-6-8-10-12-14-15/h2*1-14H2;2*1-14H2. The van der Waals surface area contributed by atoms with Gasteiger partial charge in [-0.15, -0.1) is 0 Å². The second-order valence-corrected chi connectivity index (χ2v) is 21.0. The average Bonchev–Trinajstić information content (AvgIpc) is 3.33. The van der Waals surface area contributed by atoms with E-state index in [0.29, 0.717) is 37.6 Å². The highest BCUT2D eigenvalue weighted by Crippen LogP contribution is 2.19. The lowest BCUT2D eigenvalue weighted by molar-refractivity contribution is -0.144. The summed E-state index contributed by atoms with van der Waals surface area (Å²) in [5.74, 6) is 1.04. The first-order valence-electron chi connectivity index (χ1n) is 29.9. The summed E-state index contributed by atoms with van der Waals surface area (Å²) in [7, 11) is 0. The van der Waals surface area contributed by atoms with Crippen LogP contribution >= 0.6 is 0 Å². The summed E-state index contributed by atoms with van der Waals surface area (Å²) in [4.78, 5) is 45.7. The van der Waals surface area contributed by atoms with Crippen LogP contribution in [0.15, 0.2) is 0 Å². The van der Waals surface area contributed by atoms with E-state index in [1.54, 1.807) is 0 Å². The van der Waals surface area contributed by atoms with Crippen LogP contribution < -0.4 is 0 Å². The molecule has 2 saturated heterocycles. The largest absolute Gasteiger partial charge is 0.466 e. The predicted molar refractivity (Wildman–Crippen MR) is 281 cm³/mol. The van der Waals surface area contributed by atoms with E-state index in [4.69, 9.17) is 9.47 Å². The van der Waals surface area contributed by atoms with Gasteiger partial charge < -0.3 is 9.47 Å². The number of esters is 2. The van der Waals surface area contributed by atoms with Gasteiger partial charge in [0.05, 0.1) is 13.2 Å². The highest BCUT2D eigenvalue weighted by atomic mass is 16.5. The van der Waals surface area contributed by atoms with E-state index >= 15 is 0 Å². The van der Waals surface area contributed by atoms with Gasteiger partial charge in [0.25, 0.3) is 0 Å². The Morgan fingerprint density at radius 3 is 0.485 bits per heavy atom. The fourth-order valence-corrected chi connectivity index (χ4v) is 9.87. The smallest absolute Gasteiger partial charge is 0.305 e. The molecule has 2 saturated carbocycles. The Kier molecular flexibility index (Phi) is 49.7. The summed E-state index contributed by atoms with van der Waals surface area (Å²) in [6, 6.07) is 0. The van der Waals surface area contributed by atoms with Crippen LogP contribution in [-0.2, 0) is 28.7 Å². The number of rotatable bonds is 0. The molecule has 0 amide bonds. The molecule has 0 unspecified atom stereocenters. The van der Waals surface area contributed by atoms with Gasteiger partial charge in [-0.3, -0.25) is 19.2 Å². The molecule has 66 heavy (non-hydrogen) atoms. The monoisotopic (exact) mass is 929 g/mol. The van der Waals surface area contributed by atoms with Crippen molar-refractivity contribution in [2.75, 3.05) is 13.2 Å². The number of ketones is 2. The SMILES string of the molecule is O=C1CCCCCCCCCCCCCC1.O=C1CCCCCCCCCCCCCC1.O=C1CCCCCCCCCCCCCCO1.O=C1CCCCCCCCCCCCCCO1. The minimum absolute atomic E-state index is 0.0112. The zero-order chi connectivity index (χ0) is 47.3. The van der Waals surface area contributed by atoms with Crippen molar-refractivity contribution in [3.8, 4) is 0 Å². The Balaban J connectivity index is 0.000000440. The second kappa shape index (κ2) is 52.6. The van der Waals surface area contributed by atoms with E-state index in [9.17, 15) is 19.2 Å². The molecule has 0 N–H and O–H groups in total. The quantitative estimate of drug-likeness (QED) is 0.225. The Morgan fingerprint density at radius 2 is 0.303 bits per heavy atom. The molecule has 4 fully saturated rings. The van der Waals surface area contributed by atoms with Crippen LogP contribution in [0.25, 0.3) is 0 Å². The van der Waals surface area contributed by atoms with E-state index in [1.807, 2.05) is 0 Å². The minimum Gasteiger partial charge on any atom is -0.466 e. The number of hydrogen-bond acceptors (Lipinski definition) is 6. The highest BCUT2D eigenvalue weighted by Gasteiger charge is 2.07. The maximum atomic E-state index is 11.5. The molecule has 2 aliphatic heterocycles. The first-order valence-corrected chi connectivity index (χ1v) is 29.9. The van der Waals surface area contributed by atoms with Crippen molar-refractivity contribution < 1.29 is 28.7 Å². The lowest BCUT2D eigenvalue weighted by atomic mass is 10.0. The van der Waals surface area contributed by atoms with Gasteiger partial charge >= 0.3 is 11.9 Å². The first-order chi connectivity index (χ1) is 32.6. The summed E-state index contributed by atoms with van der Waals surface area (Å²) in [5.41, 5.74) is 0. The molecule has 6 nitrogen and oxygen atoms in total. The Labute approximate surface area is 410 Å². The molecule has 2 heterocycles. The molecule has 0 aromatic carbocycles. The van der Waals surface area contributed by atoms with Crippen LogP contribution in [0.3, 0.4) is 0 Å². The Morgan fingerprint density at radius 1 is 0.167 bits per heavy atom. The molecule has 0 atom stereocenters. The van der Waals surface area contributed by atoms with Crippen LogP contribution in [0.5, 0.6) is 0 Å². The summed E-state index contributed by atoms with van der Waals surface area (Å²) in [5, 5.41) is 0. The number of Topliss-reactive ketones (excluding diaryl/α,β-unsaturated/α-hetero) is 2. The van der Waals surface area contributed by atoms with Crippen molar-refractivity contribution in [2.24, 2.45) is 0 Å². The molecule has 2 aliphatic carbocycles. The third kappa shape index (κ3) is 50.2. The van der Waals surface area contributed by atoms with Gasteiger partial charge in [0.1, 0.15) is 11.6 Å². The molecule has 4 rings (SSSR count). The third-order valence-corrected chi connectivity index (χ3v) is 14.4. The van der Waals surface area contributed by atoms with Crippen LogP contribution in [-0.4, -0.2) is 36.7 Å². The maximum absolute atomic E-state index is 11.5. The number of carbonyl (C=O) groups excluding carboxylic acids is 4. The first kappa shape index (κ1) is 62.3. The van der Waals surface area contributed by atoms with Gasteiger partial charge in [-0.1, -0.05) is 257 Å². The fraction of sp³-hybridized carbons (Fsp3) is 0.933. The van der Waals surface area contributed by atoms with Gasteiger partial charge in [-0.25, -0.2) is 0 Å². The van der Waals surface area contributed by atoms with Crippen LogP contribution in [0.1, 0.15) is 347 Å². The van der Waals surface area contributed by atoms with Crippen LogP contribution in [0.4, 0.5) is 0 Å². The second-order valence-electron chi connectivity index (χ2n) is 21.0. The lowest BCUT2D eigenvalue weighted by Crippen LogP contribution is -2.05. The van der Waals surface area contributed by atoms with Crippen LogP contribution in [0, 0.1) is 0 Å². The molecule has 0 radical (unpaired) electrons. The topological polar surface area (TPSA) is 86.7 Å². The summed E-state index contributed by atoms with van der Waals surface area (Å²) >= 11 is 0. The Hall–Kier alpha value is -1.72. The molecule has 6 heteroatoms. The fourth-order valence-electron chi connectivity index (χ4n) is 9.87. The Bertz CT molecular complexity index is 902. The zero-order valence-corrected chi connectivity index (χ0v) is 44.0. The normalized spacial score (nSPS) is 23.2. The van der Waals surface area contributed by atoms with E-state index in [2.05, 4.69) is 0 Å². The minimum atomic E-state index is 0.0112. The highest BCUT2D eigenvalue weighted by molar-refractivity contribution is 5.78. The van der Waals surface area contributed by atoms with Crippen molar-refractivity contribution in [2.45, 2.75) is 347 Å². The molecular formula is C60H112O6. The molecule has 0 spiro atoms. The van der Waals surface area contributed by atoms with E-state index < -0.39 is 0 Å². The molecular weight excluding hydrogens is 817 g/mol. The number of hydrogen-bond donors (Lipinski definition) is 0. The van der Waals surface area contributed by atoms with Gasteiger partial charge in [0.2, 0.25) is 0 Å². The van der Waals surface area contributed by atoms with E-state index in [1.165, 1.54) is 257 Å². The molecule has 0 bridgehead atoms. The number of carbonyl (C=O) groups is 4. The number of ether oxygens (including phenoxy) is 2. The van der Waals surface area contributed by atoms with Crippen molar-refractivity contribution in [3.63, 3.8) is 0 Å². The molecule has 0 aromatic rings. The van der Waals surface area contributed by atoms with Crippen molar-refractivity contribution >= 4 is 23.5 Å². The number of cyclic esters (lactones) is 2. The summed E-state index contributed by atoms with van der Waals surface area (Å²) in [6.07, 6.45) is 67.2.